The van der Waals surface area contributed by atoms with Crippen LogP contribution in [0.2, 0.25) is 17.3 Å². The van der Waals surface area contributed by atoms with E-state index >= 15 is 0 Å². The van der Waals surface area contributed by atoms with E-state index in [0.29, 0.717) is 5.58 Å². The minimum Gasteiger partial charge on any atom is 0 e. The molecular formula is C34H32FGeIrN3O-2. The zero-order valence-electron chi connectivity index (χ0n) is 24.0. The van der Waals surface area contributed by atoms with Gasteiger partial charge in [0.15, 0.2) is 0 Å². The molecule has 41 heavy (non-hydrogen) atoms. The first kappa shape index (κ1) is 30.8. The van der Waals surface area contributed by atoms with Crippen LogP contribution in [0.5, 0.6) is 0 Å². The second-order valence-electron chi connectivity index (χ2n) is 11.8. The summed E-state index contributed by atoms with van der Waals surface area (Å²) in [6.07, 6.45) is 3.83. The molecule has 1 radical (unpaired) electrons. The SMILES string of the molecule is CC(C)(C)c1ccnc(-c2[c-]ccc3c2oc2nc(F)ccc23)c1.[CH3][Ge]([CH3])([CH3])[c]1ccc(-c2[c-]cccc2)nc1.[Ir]. The van der Waals surface area contributed by atoms with E-state index in [1.807, 2.05) is 54.7 Å². The van der Waals surface area contributed by atoms with Crippen LogP contribution in [0.3, 0.4) is 0 Å². The number of nitrogens with zero attached hydrogens (tertiary/aromatic N) is 3. The molecular weight excluding hydrogens is 750 g/mol. The van der Waals surface area contributed by atoms with Crippen LogP contribution in [-0.4, -0.2) is 28.2 Å². The van der Waals surface area contributed by atoms with Crippen LogP contribution in [0.1, 0.15) is 26.3 Å². The molecule has 4 heterocycles. The van der Waals surface area contributed by atoms with Crippen LogP contribution in [0.15, 0.2) is 89.6 Å². The van der Waals surface area contributed by atoms with E-state index in [4.69, 9.17) is 4.42 Å². The number of fused-ring (bicyclic) bond motifs is 3. The Balaban J connectivity index is 0.000000200. The average Bonchev–Trinajstić information content (AvgIpc) is 3.31. The number of rotatable bonds is 3. The van der Waals surface area contributed by atoms with Crippen molar-refractivity contribution in [2.75, 3.05) is 0 Å². The summed E-state index contributed by atoms with van der Waals surface area (Å²) in [5.41, 5.74) is 5.74. The Morgan fingerprint density at radius 3 is 2.29 bits per heavy atom. The molecule has 0 atom stereocenters. The van der Waals surface area contributed by atoms with Crippen molar-refractivity contribution in [3.63, 3.8) is 0 Å². The van der Waals surface area contributed by atoms with Gasteiger partial charge < -0.3 is 9.40 Å². The fourth-order valence-electron chi connectivity index (χ4n) is 4.37. The van der Waals surface area contributed by atoms with Crippen molar-refractivity contribution in [3.8, 4) is 22.5 Å². The van der Waals surface area contributed by atoms with Gasteiger partial charge in [0.25, 0.3) is 0 Å². The molecule has 6 rings (SSSR count). The van der Waals surface area contributed by atoms with Crippen molar-refractivity contribution < 1.29 is 28.9 Å². The number of pyridine rings is 3. The first-order valence-corrected chi connectivity index (χ1v) is 20.6. The summed E-state index contributed by atoms with van der Waals surface area (Å²) in [4.78, 5) is 12.8. The first-order chi connectivity index (χ1) is 19.0. The van der Waals surface area contributed by atoms with Crippen molar-refractivity contribution in [1.29, 1.82) is 0 Å². The third-order valence-corrected chi connectivity index (χ3v) is 11.0. The quantitative estimate of drug-likeness (QED) is 0.103. The molecule has 0 fully saturated rings. The van der Waals surface area contributed by atoms with Crippen molar-refractivity contribution in [3.05, 3.63) is 109 Å². The maximum atomic E-state index is 13.4. The molecule has 0 aliphatic rings. The van der Waals surface area contributed by atoms with E-state index in [-0.39, 0.29) is 31.2 Å². The number of aromatic nitrogens is 3. The second-order valence-corrected chi connectivity index (χ2v) is 22.5. The van der Waals surface area contributed by atoms with Crippen molar-refractivity contribution in [2.45, 2.75) is 43.5 Å². The molecule has 0 aliphatic heterocycles. The maximum absolute atomic E-state index is 13.4. The number of furan rings is 1. The van der Waals surface area contributed by atoms with Crippen molar-refractivity contribution >= 4 is 39.7 Å². The number of benzene rings is 2. The molecule has 4 aromatic heterocycles. The molecule has 0 saturated heterocycles. The normalized spacial score (nSPS) is 11.6. The Labute approximate surface area is 257 Å². The van der Waals surface area contributed by atoms with Gasteiger partial charge in [0.05, 0.1) is 5.58 Å². The van der Waals surface area contributed by atoms with E-state index in [0.717, 1.165) is 33.3 Å². The Hall–Kier alpha value is -3.19. The van der Waals surface area contributed by atoms with E-state index in [2.05, 4.69) is 77.3 Å². The molecule has 211 valence electrons. The minimum absolute atomic E-state index is 0. The summed E-state index contributed by atoms with van der Waals surface area (Å²) in [5.74, 6) is 6.59. The smallest absolute Gasteiger partial charge is 0 e. The van der Waals surface area contributed by atoms with E-state index in [1.54, 1.807) is 12.3 Å². The predicted molar refractivity (Wildman–Crippen MR) is 164 cm³/mol. The van der Waals surface area contributed by atoms with Crippen LogP contribution < -0.4 is 4.40 Å². The standard InChI is InChI=1S/C20H16FN2O.C14H16GeN.Ir/c1-20(2,3)12-9-10-22-16(11-12)15-6-4-5-13-14-7-8-17(21)23-19(14)24-18(13)15;1-15(2,3)13-9-10-14(16-11-13)12-7-5-4-6-8-12;/h4-5,7-11H,1-3H3;4-7,9-11H,1-3H3;/q2*-1;. The summed E-state index contributed by atoms with van der Waals surface area (Å²) < 4.78 is 20.6. The average molecular weight is 782 g/mol. The predicted octanol–water partition coefficient (Wildman–Crippen LogP) is 8.37. The summed E-state index contributed by atoms with van der Waals surface area (Å²) in [5, 5.41) is 1.67. The van der Waals surface area contributed by atoms with E-state index < -0.39 is 19.2 Å². The Morgan fingerprint density at radius 2 is 1.63 bits per heavy atom. The molecule has 0 unspecified atom stereocenters. The zero-order chi connectivity index (χ0) is 28.5. The van der Waals surface area contributed by atoms with Gasteiger partial charge in [-0.3, -0.25) is 0 Å². The second kappa shape index (κ2) is 12.4. The van der Waals surface area contributed by atoms with Crippen molar-refractivity contribution in [2.24, 2.45) is 0 Å². The number of hydrogen-bond acceptors (Lipinski definition) is 4. The monoisotopic (exact) mass is 784 g/mol. The fourth-order valence-corrected chi connectivity index (χ4v) is 6.55. The maximum Gasteiger partial charge on any atom is 0 e. The van der Waals surface area contributed by atoms with Crippen LogP contribution in [0.4, 0.5) is 4.39 Å². The summed E-state index contributed by atoms with van der Waals surface area (Å²) >= 11 is -1.72. The topological polar surface area (TPSA) is 51.8 Å². The molecule has 0 N–H and O–H groups in total. The number of halogens is 1. The van der Waals surface area contributed by atoms with Gasteiger partial charge in [-0.25, -0.2) is 0 Å². The third-order valence-electron chi connectivity index (χ3n) is 6.76. The molecule has 0 bridgehead atoms. The Bertz CT molecular complexity index is 1770. The van der Waals surface area contributed by atoms with Crippen LogP contribution >= 0.6 is 0 Å². The van der Waals surface area contributed by atoms with Crippen molar-refractivity contribution in [1.82, 2.24) is 15.0 Å². The van der Waals surface area contributed by atoms with E-state index in [1.165, 1.54) is 16.0 Å². The molecule has 2 aromatic carbocycles. The van der Waals surface area contributed by atoms with Crippen LogP contribution in [0.25, 0.3) is 44.6 Å². The molecule has 4 nitrogen and oxygen atoms in total. The Kier molecular flexibility index (Phi) is 9.27. The molecule has 0 saturated carbocycles. The minimum atomic E-state index is -1.72. The molecule has 7 heteroatoms. The fraction of sp³-hybridized carbons (Fsp3) is 0.206. The molecule has 0 amide bonds. The zero-order valence-corrected chi connectivity index (χ0v) is 28.5. The van der Waals surface area contributed by atoms with Gasteiger partial charge in [0.2, 0.25) is 11.7 Å². The first-order valence-electron chi connectivity index (χ1n) is 13.3. The van der Waals surface area contributed by atoms with Crippen LogP contribution in [0, 0.1) is 18.1 Å². The Morgan fingerprint density at radius 1 is 0.829 bits per heavy atom. The van der Waals surface area contributed by atoms with Gasteiger partial charge in [-0.05, 0) is 34.9 Å². The summed E-state index contributed by atoms with van der Waals surface area (Å²) in [6.45, 7) is 6.47. The van der Waals surface area contributed by atoms with Gasteiger partial charge >= 0.3 is 99.8 Å². The summed E-state index contributed by atoms with van der Waals surface area (Å²) in [7, 11) is 0. The van der Waals surface area contributed by atoms with Gasteiger partial charge in [-0.1, -0.05) is 37.8 Å². The van der Waals surface area contributed by atoms with Gasteiger partial charge in [-0.2, -0.15) is 9.37 Å². The molecule has 6 aromatic rings. The summed E-state index contributed by atoms with van der Waals surface area (Å²) in [6, 6.07) is 29.5. The van der Waals surface area contributed by atoms with Crippen LogP contribution in [-0.2, 0) is 25.5 Å². The van der Waals surface area contributed by atoms with E-state index in [9.17, 15) is 4.39 Å². The molecule has 0 aliphatic carbocycles. The largest absolute Gasteiger partial charge is 0 e. The number of hydrogen-bond donors (Lipinski definition) is 0. The van der Waals surface area contributed by atoms with Gasteiger partial charge in [0.1, 0.15) is 0 Å². The van der Waals surface area contributed by atoms with Gasteiger partial charge in [0, 0.05) is 31.7 Å². The van der Waals surface area contributed by atoms with Gasteiger partial charge in [-0.15, -0.1) is 18.2 Å². The molecule has 0 spiro atoms. The third kappa shape index (κ3) is 7.00.